The van der Waals surface area contributed by atoms with Gasteiger partial charge in [0.1, 0.15) is 0 Å². The van der Waals surface area contributed by atoms with Crippen LogP contribution in [0.1, 0.15) is 12.5 Å². The Kier molecular flexibility index (Phi) is 3.54. The monoisotopic (exact) mass is 253 g/mol. The number of anilines is 1. The lowest BCUT2D eigenvalue weighted by atomic mass is 10.1. The van der Waals surface area contributed by atoms with Gasteiger partial charge in [-0.1, -0.05) is 11.6 Å². The van der Waals surface area contributed by atoms with Crippen molar-refractivity contribution in [3.63, 3.8) is 0 Å². The molecule has 0 saturated carbocycles. The van der Waals surface area contributed by atoms with Gasteiger partial charge in [-0.2, -0.15) is 0 Å². The van der Waals surface area contributed by atoms with E-state index in [0.717, 1.165) is 12.1 Å². The second-order valence-corrected chi connectivity index (χ2v) is 4.72. The van der Waals surface area contributed by atoms with Gasteiger partial charge < -0.3 is 11.1 Å². The molecule has 1 saturated heterocycles. The summed E-state index contributed by atoms with van der Waals surface area (Å²) in [6.07, 6.45) is 0. The summed E-state index contributed by atoms with van der Waals surface area (Å²) in [6, 6.07) is 5.30. The van der Waals surface area contributed by atoms with Crippen LogP contribution in [-0.2, 0) is 11.3 Å². The van der Waals surface area contributed by atoms with E-state index in [1.54, 1.807) is 12.1 Å². The molecule has 0 aromatic heterocycles. The fourth-order valence-electron chi connectivity index (χ4n) is 1.98. The van der Waals surface area contributed by atoms with Crippen molar-refractivity contribution in [2.45, 2.75) is 19.5 Å². The summed E-state index contributed by atoms with van der Waals surface area (Å²) >= 11 is 5.95. The van der Waals surface area contributed by atoms with Crippen molar-refractivity contribution in [2.24, 2.45) is 0 Å². The zero-order valence-corrected chi connectivity index (χ0v) is 10.5. The number of nitrogen functional groups attached to an aromatic ring is 1. The Balaban J connectivity index is 2.14. The summed E-state index contributed by atoms with van der Waals surface area (Å²) in [5, 5.41) is 3.51. The van der Waals surface area contributed by atoms with E-state index in [2.05, 4.69) is 10.2 Å². The lowest BCUT2D eigenvalue weighted by Crippen LogP contribution is -2.53. The third kappa shape index (κ3) is 2.70. The Morgan fingerprint density at radius 3 is 3.12 bits per heavy atom. The van der Waals surface area contributed by atoms with Crippen molar-refractivity contribution in [1.82, 2.24) is 10.2 Å². The first kappa shape index (κ1) is 12.2. The van der Waals surface area contributed by atoms with Crippen LogP contribution in [0.15, 0.2) is 18.2 Å². The molecule has 0 spiro atoms. The lowest BCUT2D eigenvalue weighted by molar-refractivity contribution is -0.128. The van der Waals surface area contributed by atoms with Crippen LogP contribution >= 0.6 is 11.6 Å². The first-order valence-electron chi connectivity index (χ1n) is 5.63. The van der Waals surface area contributed by atoms with Crippen molar-refractivity contribution in [3.8, 4) is 0 Å². The number of nitrogens with two attached hydrogens (primary N) is 1. The predicted molar refractivity (Wildman–Crippen MR) is 68.7 cm³/mol. The van der Waals surface area contributed by atoms with Crippen LogP contribution in [0.3, 0.4) is 0 Å². The molecule has 1 heterocycles. The first-order valence-corrected chi connectivity index (χ1v) is 6.01. The highest BCUT2D eigenvalue weighted by atomic mass is 35.5. The van der Waals surface area contributed by atoms with E-state index in [4.69, 9.17) is 17.3 Å². The molecule has 17 heavy (non-hydrogen) atoms. The van der Waals surface area contributed by atoms with Crippen LogP contribution in [0.2, 0.25) is 5.02 Å². The van der Waals surface area contributed by atoms with E-state index in [1.807, 2.05) is 13.0 Å². The maximum atomic E-state index is 11.5. The Hall–Kier alpha value is -1.26. The number of rotatable bonds is 2. The fourth-order valence-corrected chi connectivity index (χ4v) is 2.17. The van der Waals surface area contributed by atoms with Crippen LogP contribution in [0.5, 0.6) is 0 Å². The SMILES string of the molecule is CC1C(=O)NCCN1Cc1cc(Cl)ccc1N. The number of carbonyl (C=O) groups excluding carboxylic acids is 1. The minimum absolute atomic E-state index is 0.0665. The van der Waals surface area contributed by atoms with Crippen molar-refractivity contribution < 1.29 is 4.79 Å². The third-order valence-electron chi connectivity index (χ3n) is 3.10. The van der Waals surface area contributed by atoms with Gasteiger partial charge in [0.25, 0.3) is 0 Å². The highest BCUT2D eigenvalue weighted by Crippen LogP contribution is 2.20. The topological polar surface area (TPSA) is 58.4 Å². The maximum absolute atomic E-state index is 11.5. The van der Waals surface area contributed by atoms with Crippen LogP contribution < -0.4 is 11.1 Å². The van der Waals surface area contributed by atoms with Gasteiger partial charge in [0, 0.05) is 30.3 Å². The number of benzene rings is 1. The summed E-state index contributed by atoms with van der Waals surface area (Å²) < 4.78 is 0. The Morgan fingerprint density at radius 2 is 2.35 bits per heavy atom. The molecule has 1 atom stereocenters. The summed E-state index contributed by atoms with van der Waals surface area (Å²) in [5.41, 5.74) is 7.59. The van der Waals surface area contributed by atoms with Crippen LogP contribution in [0.4, 0.5) is 5.69 Å². The second kappa shape index (κ2) is 4.94. The largest absolute Gasteiger partial charge is 0.398 e. The van der Waals surface area contributed by atoms with Crippen molar-refractivity contribution >= 4 is 23.2 Å². The van der Waals surface area contributed by atoms with Gasteiger partial charge in [-0.3, -0.25) is 9.69 Å². The molecular weight excluding hydrogens is 238 g/mol. The number of nitrogens with one attached hydrogen (secondary N) is 1. The van der Waals surface area contributed by atoms with Crippen LogP contribution in [0.25, 0.3) is 0 Å². The number of halogens is 1. The van der Waals surface area contributed by atoms with E-state index in [1.165, 1.54) is 0 Å². The van der Waals surface area contributed by atoms with Gasteiger partial charge in [-0.25, -0.2) is 0 Å². The molecule has 1 fully saturated rings. The average Bonchev–Trinajstić information content (AvgIpc) is 2.30. The van der Waals surface area contributed by atoms with Gasteiger partial charge in [-0.15, -0.1) is 0 Å². The quantitative estimate of drug-likeness (QED) is 0.780. The standard InChI is InChI=1S/C12H16ClN3O/c1-8-12(17)15-4-5-16(8)7-9-6-10(13)2-3-11(9)14/h2-3,6,8H,4-5,7,14H2,1H3,(H,15,17). The number of nitrogens with zero attached hydrogens (tertiary/aromatic N) is 1. The molecule has 5 heteroatoms. The number of carbonyl (C=O) groups is 1. The number of amides is 1. The van der Waals surface area contributed by atoms with Crippen molar-refractivity contribution in [1.29, 1.82) is 0 Å². The van der Waals surface area contributed by atoms with Gasteiger partial charge in [0.2, 0.25) is 5.91 Å². The molecule has 4 nitrogen and oxygen atoms in total. The molecule has 1 aliphatic heterocycles. The second-order valence-electron chi connectivity index (χ2n) is 4.28. The van der Waals surface area contributed by atoms with Gasteiger partial charge in [0.15, 0.2) is 0 Å². The highest BCUT2D eigenvalue weighted by Gasteiger charge is 2.25. The molecule has 3 N–H and O–H groups in total. The fraction of sp³-hybridized carbons (Fsp3) is 0.417. The molecule has 92 valence electrons. The van der Waals surface area contributed by atoms with Crippen molar-refractivity contribution in [3.05, 3.63) is 28.8 Å². The Morgan fingerprint density at radius 1 is 1.59 bits per heavy atom. The van der Waals surface area contributed by atoms with Gasteiger partial charge in [-0.05, 0) is 30.7 Å². The van der Waals surface area contributed by atoms with Gasteiger partial charge >= 0.3 is 0 Å². The summed E-state index contributed by atoms with van der Waals surface area (Å²) in [7, 11) is 0. The Labute approximate surface area is 106 Å². The molecule has 1 aromatic rings. The summed E-state index contributed by atoms with van der Waals surface area (Å²) in [5.74, 6) is 0.0665. The maximum Gasteiger partial charge on any atom is 0.237 e. The third-order valence-corrected chi connectivity index (χ3v) is 3.34. The molecule has 0 radical (unpaired) electrons. The average molecular weight is 254 g/mol. The van der Waals surface area contributed by atoms with Crippen molar-refractivity contribution in [2.75, 3.05) is 18.8 Å². The predicted octanol–water partition coefficient (Wildman–Crippen LogP) is 1.24. The van der Waals surface area contributed by atoms with E-state index in [0.29, 0.717) is 23.8 Å². The lowest BCUT2D eigenvalue weighted by Gasteiger charge is -2.33. The minimum Gasteiger partial charge on any atom is -0.398 e. The highest BCUT2D eigenvalue weighted by molar-refractivity contribution is 6.30. The zero-order chi connectivity index (χ0) is 12.4. The first-order chi connectivity index (χ1) is 8.08. The summed E-state index contributed by atoms with van der Waals surface area (Å²) in [6.45, 7) is 4.07. The van der Waals surface area contributed by atoms with E-state index in [-0.39, 0.29) is 11.9 Å². The number of hydrogen-bond donors (Lipinski definition) is 2. The zero-order valence-electron chi connectivity index (χ0n) is 9.74. The molecule has 0 bridgehead atoms. The molecule has 0 aliphatic carbocycles. The van der Waals surface area contributed by atoms with E-state index in [9.17, 15) is 4.79 Å². The molecule has 1 aliphatic rings. The normalized spacial score (nSPS) is 21.3. The Bertz CT molecular complexity index is 436. The van der Waals surface area contributed by atoms with Crippen LogP contribution in [-0.4, -0.2) is 29.9 Å². The summed E-state index contributed by atoms with van der Waals surface area (Å²) in [4.78, 5) is 13.6. The number of hydrogen-bond acceptors (Lipinski definition) is 3. The minimum atomic E-state index is -0.123. The van der Waals surface area contributed by atoms with E-state index >= 15 is 0 Å². The smallest absolute Gasteiger partial charge is 0.237 e. The van der Waals surface area contributed by atoms with E-state index < -0.39 is 0 Å². The van der Waals surface area contributed by atoms with Crippen LogP contribution in [0, 0.1) is 0 Å². The molecule has 1 aromatic carbocycles. The number of piperazine rings is 1. The molecule has 1 unspecified atom stereocenters. The van der Waals surface area contributed by atoms with Gasteiger partial charge in [0.05, 0.1) is 6.04 Å². The molecular formula is C12H16ClN3O. The molecule has 2 rings (SSSR count). The molecule has 1 amide bonds.